The highest BCUT2D eigenvalue weighted by atomic mass is 16.6. The monoisotopic (exact) mass is 449 g/mol. The van der Waals surface area contributed by atoms with E-state index in [2.05, 4.69) is 15.4 Å². The maximum Gasteiger partial charge on any atom is 0.408 e. The molecule has 2 N–H and O–H groups in total. The highest BCUT2D eigenvalue weighted by molar-refractivity contribution is 5.92. The van der Waals surface area contributed by atoms with Gasteiger partial charge in [-0.15, -0.1) is 0 Å². The number of alkyl carbamates (subject to hydrolysis) is 1. The van der Waals surface area contributed by atoms with E-state index < -0.39 is 35.5 Å². The van der Waals surface area contributed by atoms with Gasteiger partial charge >= 0.3 is 12.1 Å². The Kier molecular flexibility index (Phi) is 10.2. The third-order valence-corrected chi connectivity index (χ3v) is 4.66. The third kappa shape index (κ3) is 8.56. The number of ether oxygens (including phenoxy) is 2. The molecule has 0 fully saturated rings. The molecule has 0 aliphatic heterocycles. The number of hydrogen-bond acceptors (Lipinski definition) is 6. The minimum atomic E-state index is -0.998. The van der Waals surface area contributed by atoms with Crippen molar-refractivity contribution < 1.29 is 28.7 Å². The number of benzene rings is 1. The Morgan fingerprint density at radius 3 is 2.28 bits per heavy atom. The lowest BCUT2D eigenvalue weighted by Crippen LogP contribution is -2.51. The first-order valence-electron chi connectivity index (χ1n) is 10.6. The van der Waals surface area contributed by atoms with E-state index in [1.54, 1.807) is 32.9 Å². The summed E-state index contributed by atoms with van der Waals surface area (Å²) in [4.78, 5) is 51.3. The Balaban J connectivity index is 3.22. The van der Waals surface area contributed by atoms with Gasteiger partial charge in [0.2, 0.25) is 11.8 Å². The van der Waals surface area contributed by atoms with Crippen LogP contribution in [0.3, 0.4) is 0 Å². The largest absolute Gasteiger partial charge is 0.468 e. The molecule has 0 aliphatic carbocycles. The van der Waals surface area contributed by atoms with Crippen molar-refractivity contribution in [3.8, 4) is 0 Å². The van der Waals surface area contributed by atoms with Gasteiger partial charge in [-0.05, 0) is 46.6 Å². The lowest BCUT2D eigenvalue weighted by atomic mass is 9.99. The van der Waals surface area contributed by atoms with E-state index in [1.165, 1.54) is 12.0 Å². The molecule has 2 unspecified atom stereocenters. The van der Waals surface area contributed by atoms with Crippen molar-refractivity contribution in [2.75, 3.05) is 20.2 Å². The van der Waals surface area contributed by atoms with Crippen LogP contribution in [0.1, 0.15) is 58.2 Å². The summed E-state index contributed by atoms with van der Waals surface area (Å²) in [6, 6.07) is 5.92. The van der Waals surface area contributed by atoms with E-state index in [-0.39, 0.29) is 19.1 Å². The van der Waals surface area contributed by atoms with Crippen molar-refractivity contribution in [3.63, 3.8) is 0 Å². The second-order valence-electron chi connectivity index (χ2n) is 8.52. The van der Waals surface area contributed by atoms with Crippen LogP contribution >= 0.6 is 0 Å². The van der Waals surface area contributed by atoms with Crippen molar-refractivity contribution in [3.05, 3.63) is 35.4 Å². The van der Waals surface area contributed by atoms with Crippen molar-refractivity contribution >= 4 is 23.9 Å². The molecule has 0 bridgehead atoms. The Morgan fingerprint density at radius 2 is 1.75 bits per heavy atom. The van der Waals surface area contributed by atoms with Gasteiger partial charge in [0.25, 0.3) is 0 Å². The highest BCUT2D eigenvalue weighted by Gasteiger charge is 2.34. The molecule has 9 nitrogen and oxygen atoms in total. The van der Waals surface area contributed by atoms with Gasteiger partial charge in [-0.1, -0.05) is 36.8 Å². The molecule has 0 spiro atoms. The summed E-state index contributed by atoms with van der Waals surface area (Å²) < 4.78 is 9.78. The highest BCUT2D eigenvalue weighted by Crippen LogP contribution is 2.26. The number of methoxy groups -OCH3 is 1. The fourth-order valence-electron chi connectivity index (χ4n) is 3.00. The Labute approximate surface area is 189 Å². The molecule has 0 aromatic heterocycles. The maximum atomic E-state index is 13.2. The quantitative estimate of drug-likeness (QED) is 0.560. The van der Waals surface area contributed by atoms with Gasteiger partial charge in [0.05, 0.1) is 7.11 Å². The number of hydrogen-bond donors (Lipinski definition) is 2. The molecule has 178 valence electrons. The van der Waals surface area contributed by atoms with Gasteiger partial charge in [-0.2, -0.15) is 0 Å². The first kappa shape index (κ1) is 26.9. The molecule has 0 saturated carbocycles. The summed E-state index contributed by atoms with van der Waals surface area (Å²) >= 11 is 0. The zero-order chi connectivity index (χ0) is 24.5. The summed E-state index contributed by atoms with van der Waals surface area (Å²) in [5, 5.41) is 5.00. The zero-order valence-electron chi connectivity index (χ0n) is 20.0. The molecular formula is C23H35N3O6. The molecule has 2 atom stereocenters. The van der Waals surface area contributed by atoms with Gasteiger partial charge in [0.15, 0.2) is 0 Å². The van der Waals surface area contributed by atoms with Gasteiger partial charge < -0.3 is 25.0 Å². The van der Waals surface area contributed by atoms with E-state index in [0.717, 1.165) is 5.56 Å². The molecule has 0 aliphatic rings. The SMILES string of the molecule is CCC(C)N(C(=O)CNC(=O)OC(C)(C)C)C(C(=O)NCC(=O)OC)c1cccc(C)c1. The van der Waals surface area contributed by atoms with Crippen molar-refractivity contribution in [2.45, 2.75) is 65.6 Å². The van der Waals surface area contributed by atoms with Crippen LogP contribution in [0.2, 0.25) is 0 Å². The third-order valence-electron chi connectivity index (χ3n) is 4.66. The van der Waals surface area contributed by atoms with Crippen molar-refractivity contribution in [1.82, 2.24) is 15.5 Å². The number of aryl methyl sites for hydroxylation is 1. The number of carbonyl (C=O) groups is 4. The van der Waals surface area contributed by atoms with Crippen LogP contribution < -0.4 is 10.6 Å². The fraction of sp³-hybridized carbons (Fsp3) is 0.565. The number of esters is 1. The summed E-state index contributed by atoms with van der Waals surface area (Å²) in [5.74, 6) is -1.58. The maximum absolute atomic E-state index is 13.2. The number of rotatable bonds is 9. The van der Waals surface area contributed by atoms with Gasteiger partial charge in [-0.3, -0.25) is 14.4 Å². The average molecular weight is 450 g/mol. The number of nitrogens with one attached hydrogen (secondary N) is 2. The Hall–Kier alpha value is -3.10. The van der Waals surface area contributed by atoms with Crippen LogP contribution in [0.4, 0.5) is 4.79 Å². The molecule has 0 heterocycles. The molecule has 32 heavy (non-hydrogen) atoms. The van der Waals surface area contributed by atoms with E-state index in [9.17, 15) is 19.2 Å². The normalized spacial score (nSPS) is 12.8. The van der Waals surface area contributed by atoms with E-state index >= 15 is 0 Å². The van der Waals surface area contributed by atoms with Gasteiger partial charge in [0.1, 0.15) is 24.7 Å². The predicted molar refractivity (Wildman–Crippen MR) is 120 cm³/mol. The number of carbonyl (C=O) groups excluding carboxylic acids is 4. The molecule has 0 radical (unpaired) electrons. The van der Waals surface area contributed by atoms with Gasteiger partial charge in [-0.25, -0.2) is 4.79 Å². The average Bonchev–Trinajstić information content (AvgIpc) is 2.71. The lowest BCUT2D eigenvalue weighted by molar-refractivity contribution is -0.145. The molecule has 3 amide bonds. The van der Waals surface area contributed by atoms with E-state index in [1.807, 2.05) is 32.9 Å². The molecule has 0 saturated heterocycles. The summed E-state index contributed by atoms with van der Waals surface area (Å²) in [6.45, 7) is 10.1. The topological polar surface area (TPSA) is 114 Å². The van der Waals surface area contributed by atoms with Crippen LogP contribution in [0.25, 0.3) is 0 Å². The molecular weight excluding hydrogens is 414 g/mol. The fourth-order valence-corrected chi connectivity index (χ4v) is 3.00. The summed E-state index contributed by atoms with van der Waals surface area (Å²) in [7, 11) is 1.23. The molecule has 1 aromatic rings. The number of nitrogens with zero attached hydrogens (tertiary/aromatic N) is 1. The predicted octanol–water partition coefficient (Wildman–Crippen LogP) is 2.48. The van der Waals surface area contributed by atoms with Crippen molar-refractivity contribution in [2.24, 2.45) is 0 Å². The Bertz CT molecular complexity index is 818. The zero-order valence-corrected chi connectivity index (χ0v) is 20.0. The standard InChI is InChI=1S/C23H35N3O6/c1-8-16(3)26(18(27)13-25-22(30)32-23(4,5)6)20(17-11-9-10-15(2)12-17)21(29)24-14-19(28)31-7/h9-12,16,20H,8,13-14H2,1-7H3,(H,24,29)(H,25,30). The van der Waals surface area contributed by atoms with E-state index in [0.29, 0.717) is 12.0 Å². The summed E-state index contributed by atoms with van der Waals surface area (Å²) in [5.41, 5.74) is 0.802. The number of amides is 3. The first-order chi connectivity index (χ1) is 14.9. The second kappa shape index (κ2) is 12.1. The van der Waals surface area contributed by atoms with Crippen LogP contribution in [0.15, 0.2) is 24.3 Å². The van der Waals surface area contributed by atoms with E-state index in [4.69, 9.17) is 4.74 Å². The van der Waals surface area contributed by atoms with Crippen LogP contribution in [-0.2, 0) is 23.9 Å². The smallest absolute Gasteiger partial charge is 0.408 e. The second-order valence-corrected chi connectivity index (χ2v) is 8.52. The minimum Gasteiger partial charge on any atom is -0.468 e. The van der Waals surface area contributed by atoms with Crippen LogP contribution in [0, 0.1) is 6.92 Å². The summed E-state index contributed by atoms with van der Waals surface area (Å²) in [6.07, 6.45) is -0.151. The molecule has 1 aromatic carbocycles. The van der Waals surface area contributed by atoms with Crippen molar-refractivity contribution in [1.29, 1.82) is 0 Å². The Morgan fingerprint density at radius 1 is 1.09 bits per heavy atom. The first-order valence-corrected chi connectivity index (χ1v) is 10.6. The van der Waals surface area contributed by atoms with Crippen LogP contribution in [0.5, 0.6) is 0 Å². The van der Waals surface area contributed by atoms with Crippen LogP contribution in [-0.4, -0.2) is 60.6 Å². The minimum absolute atomic E-state index is 0.322. The molecule has 1 rings (SSSR count). The molecule has 9 heteroatoms. The lowest BCUT2D eigenvalue weighted by Gasteiger charge is -2.36. The van der Waals surface area contributed by atoms with Gasteiger partial charge in [0, 0.05) is 6.04 Å².